The Hall–Kier alpha value is -2.88. The Balaban J connectivity index is 1.72. The van der Waals surface area contributed by atoms with Crippen LogP contribution in [0.5, 0.6) is 0 Å². The minimum atomic E-state index is -0.502. The Morgan fingerprint density at radius 3 is 2.72 bits per heavy atom. The number of benzene rings is 1. The first-order valence-electron chi connectivity index (χ1n) is 9.69. The Morgan fingerprint density at radius 2 is 2.00 bits per heavy atom. The van der Waals surface area contributed by atoms with Gasteiger partial charge in [0.1, 0.15) is 5.82 Å². The number of H-pyrrole nitrogens is 1. The van der Waals surface area contributed by atoms with Crippen LogP contribution in [0.4, 0.5) is 5.82 Å². The van der Waals surface area contributed by atoms with Crippen molar-refractivity contribution in [1.29, 1.82) is 5.26 Å². The van der Waals surface area contributed by atoms with E-state index in [1.807, 2.05) is 6.07 Å². The molecule has 3 aromatic rings. The van der Waals surface area contributed by atoms with Crippen molar-refractivity contribution in [3.8, 4) is 6.07 Å². The number of anilines is 1. The number of carbonyl (C=O) groups excluding carboxylic acids is 1. The minimum absolute atomic E-state index is 0.0773. The monoisotopic (exact) mass is 405 g/mol. The van der Waals surface area contributed by atoms with Gasteiger partial charge in [0.05, 0.1) is 27.9 Å². The molecular formula is C22H20ClN5O. The molecule has 2 aromatic heterocycles. The number of aromatic amines is 1. The summed E-state index contributed by atoms with van der Waals surface area (Å²) in [5.41, 5.74) is 3.61. The zero-order valence-electron chi connectivity index (χ0n) is 16.3. The summed E-state index contributed by atoms with van der Waals surface area (Å²) in [4.78, 5) is 23.9. The van der Waals surface area contributed by atoms with Gasteiger partial charge in [-0.25, -0.2) is 4.98 Å². The van der Waals surface area contributed by atoms with Crippen LogP contribution in [0.15, 0.2) is 24.3 Å². The quantitative estimate of drug-likeness (QED) is 0.648. The van der Waals surface area contributed by atoms with Crippen molar-refractivity contribution in [2.45, 2.75) is 19.3 Å². The molecule has 2 N–H and O–H groups in total. The van der Waals surface area contributed by atoms with Gasteiger partial charge in [0, 0.05) is 53.8 Å². The van der Waals surface area contributed by atoms with Crippen LogP contribution in [0.3, 0.4) is 0 Å². The molecule has 1 fully saturated rings. The number of nitriles is 1. The second-order valence-corrected chi connectivity index (χ2v) is 8.54. The maximum Gasteiger partial charge on any atom is 0.197 e. The molecule has 0 bridgehead atoms. The van der Waals surface area contributed by atoms with Gasteiger partial charge in [-0.15, -0.1) is 0 Å². The standard InChI is InChI=1S/C22H20ClN5O/c1-22(2)19-14(10-15(23)21(27-19)28-7-5-25-6-8-28)18(29)17-13-4-3-12(11-24)9-16(13)26-20(17)22/h3-4,9-10,25-26H,5-8H2,1-2H3. The largest absolute Gasteiger partial charge is 0.357 e. The van der Waals surface area contributed by atoms with Gasteiger partial charge in [-0.2, -0.15) is 5.26 Å². The summed E-state index contributed by atoms with van der Waals surface area (Å²) in [6, 6.07) is 9.30. The van der Waals surface area contributed by atoms with E-state index in [2.05, 4.69) is 35.1 Å². The number of aromatic nitrogens is 2. The third-order valence-electron chi connectivity index (χ3n) is 5.99. The Morgan fingerprint density at radius 1 is 1.24 bits per heavy atom. The molecule has 0 atom stereocenters. The molecular weight excluding hydrogens is 386 g/mol. The molecule has 2 aliphatic rings. The molecule has 3 heterocycles. The number of piperazine rings is 1. The first-order chi connectivity index (χ1) is 13.9. The summed E-state index contributed by atoms with van der Waals surface area (Å²) >= 11 is 6.59. The van der Waals surface area contributed by atoms with Crippen molar-refractivity contribution >= 4 is 34.1 Å². The molecule has 5 rings (SSSR count). The van der Waals surface area contributed by atoms with Crippen molar-refractivity contribution in [2.24, 2.45) is 0 Å². The first-order valence-corrected chi connectivity index (χ1v) is 10.1. The normalized spacial score (nSPS) is 17.7. The minimum Gasteiger partial charge on any atom is -0.357 e. The average molecular weight is 406 g/mol. The number of nitrogens with one attached hydrogen (secondary N) is 2. The van der Waals surface area contributed by atoms with Gasteiger partial charge in [0.25, 0.3) is 0 Å². The molecule has 6 nitrogen and oxygen atoms in total. The number of pyridine rings is 1. The predicted molar refractivity (Wildman–Crippen MR) is 113 cm³/mol. The van der Waals surface area contributed by atoms with Crippen LogP contribution < -0.4 is 10.2 Å². The second-order valence-electron chi connectivity index (χ2n) is 8.13. The summed E-state index contributed by atoms with van der Waals surface area (Å²) < 4.78 is 0. The van der Waals surface area contributed by atoms with E-state index in [9.17, 15) is 10.1 Å². The topological polar surface area (TPSA) is 84.8 Å². The molecule has 0 saturated carbocycles. The third-order valence-corrected chi connectivity index (χ3v) is 6.27. The Kier molecular flexibility index (Phi) is 3.95. The van der Waals surface area contributed by atoms with E-state index in [0.717, 1.165) is 54.3 Å². The maximum atomic E-state index is 13.5. The molecule has 0 radical (unpaired) electrons. The molecule has 1 aliphatic heterocycles. The summed E-state index contributed by atoms with van der Waals surface area (Å²) in [6.45, 7) is 7.55. The highest BCUT2D eigenvalue weighted by Crippen LogP contribution is 2.44. The van der Waals surface area contributed by atoms with Crippen molar-refractivity contribution in [3.63, 3.8) is 0 Å². The van der Waals surface area contributed by atoms with Gasteiger partial charge in [0.2, 0.25) is 0 Å². The highest BCUT2D eigenvalue weighted by Gasteiger charge is 2.42. The molecule has 29 heavy (non-hydrogen) atoms. The van der Waals surface area contributed by atoms with Crippen LogP contribution in [0.25, 0.3) is 10.9 Å². The second kappa shape index (κ2) is 6.31. The predicted octanol–water partition coefficient (Wildman–Crippen LogP) is 3.37. The fourth-order valence-corrected chi connectivity index (χ4v) is 4.72. The van der Waals surface area contributed by atoms with Crippen molar-refractivity contribution in [1.82, 2.24) is 15.3 Å². The van der Waals surface area contributed by atoms with E-state index in [4.69, 9.17) is 16.6 Å². The Labute approximate surface area is 173 Å². The van der Waals surface area contributed by atoms with E-state index in [-0.39, 0.29) is 5.78 Å². The zero-order chi connectivity index (χ0) is 20.3. The number of ketones is 1. The molecule has 0 spiro atoms. The molecule has 0 amide bonds. The van der Waals surface area contributed by atoms with Crippen LogP contribution in [-0.4, -0.2) is 41.9 Å². The molecule has 7 heteroatoms. The van der Waals surface area contributed by atoms with Crippen LogP contribution in [0, 0.1) is 11.3 Å². The fourth-order valence-electron chi connectivity index (χ4n) is 4.45. The summed E-state index contributed by atoms with van der Waals surface area (Å²) in [5, 5.41) is 13.9. The van der Waals surface area contributed by atoms with Gasteiger partial charge in [-0.3, -0.25) is 4.79 Å². The lowest BCUT2D eigenvalue weighted by Gasteiger charge is -2.34. The van der Waals surface area contributed by atoms with Crippen molar-refractivity contribution in [2.75, 3.05) is 31.1 Å². The highest BCUT2D eigenvalue weighted by atomic mass is 35.5. The molecule has 0 unspecified atom stereocenters. The third kappa shape index (κ3) is 2.58. The van der Waals surface area contributed by atoms with Gasteiger partial charge < -0.3 is 15.2 Å². The number of rotatable bonds is 1. The van der Waals surface area contributed by atoms with E-state index in [1.165, 1.54) is 0 Å². The molecule has 1 aromatic carbocycles. The molecule has 1 saturated heterocycles. The maximum absolute atomic E-state index is 13.5. The Bertz CT molecular complexity index is 1210. The highest BCUT2D eigenvalue weighted by molar-refractivity contribution is 6.34. The lowest BCUT2D eigenvalue weighted by Crippen LogP contribution is -2.44. The van der Waals surface area contributed by atoms with E-state index in [0.29, 0.717) is 21.7 Å². The number of hydrogen-bond acceptors (Lipinski definition) is 5. The van der Waals surface area contributed by atoms with Crippen LogP contribution >= 0.6 is 11.6 Å². The average Bonchev–Trinajstić information content (AvgIpc) is 3.12. The van der Waals surface area contributed by atoms with Crippen molar-refractivity contribution < 1.29 is 4.79 Å². The van der Waals surface area contributed by atoms with Crippen LogP contribution in [0.1, 0.15) is 46.7 Å². The van der Waals surface area contributed by atoms with Gasteiger partial charge in [-0.1, -0.05) is 17.7 Å². The van der Waals surface area contributed by atoms with E-state index >= 15 is 0 Å². The van der Waals surface area contributed by atoms with Crippen LogP contribution in [-0.2, 0) is 5.41 Å². The number of halogens is 1. The molecule has 1 aliphatic carbocycles. The van der Waals surface area contributed by atoms with E-state index < -0.39 is 5.41 Å². The van der Waals surface area contributed by atoms with E-state index in [1.54, 1.807) is 18.2 Å². The first kappa shape index (κ1) is 18.2. The van der Waals surface area contributed by atoms with Crippen LogP contribution in [0.2, 0.25) is 5.02 Å². The summed E-state index contributed by atoms with van der Waals surface area (Å²) in [5.74, 6) is 0.658. The molecule has 146 valence electrons. The summed E-state index contributed by atoms with van der Waals surface area (Å²) in [7, 11) is 0. The number of hydrogen-bond donors (Lipinski definition) is 2. The lowest BCUT2D eigenvalue weighted by atomic mass is 9.74. The number of nitrogens with zero attached hydrogens (tertiary/aromatic N) is 3. The smallest absolute Gasteiger partial charge is 0.197 e. The zero-order valence-corrected chi connectivity index (χ0v) is 17.0. The van der Waals surface area contributed by atoms with Gasteiger partial charge >= 0.3 is 0 Å². The van der Waals surface area contributed by atoms with Crippen molar-refractivity contribution in [3.05, 3.63) is 57.4 Å². The van der Waals surface area contributed by atoms with Gasteiger partial charge in [-0.05, 0) is 32.0 Å². The van der Waals surface area contributed by atoms with Gasteiger partial charge in [0.15, 0.2) is 5.78 Å². The lowest BCUT2D eigenvalue weighted by molar-refractivity contribution is 0.103. The summed E-state index contributed by atoms with van der Waals surface area (Å²) in [6.07, 6.45) is 0. The fraction of sp³-hybridized carbons (Fsp3) is 0.318. The SMILES string of the molecule is CC1(C)c2nc(N3CCNCC3)c(Cl)cc2C(=O)c2c1[nH]c1cc(C#N)ccc21. The number of fused-ring (bicyclic) bond motifs is 4. The number of carbonyl (C=O) groups is 1.